The van der Waals surface area contributed by atoms with Crippen molar-refractivity contribution in [3.63, 3.8) is 0 Å². The predicted molar refractivity (Wildman–Crippen MR) is 66.7 cm³/mol. The van der Waals surface area contributed by atoms with Crippen LogP contribution in [-0.2, 0) is 18.4 Å². The molecule has 1 atom stereocenters. The van der Waals surface area contributed by atoms with Gasteiger partial charge in [0.25, 0.3) is 0 Å². The highest BCUT2D eigenvalue weighted by Crippen LogP contribution is 2.06. The molecule has 2 aromatic rings. The normalized spacial score (nSPS) is 12.4. The minimum absolute atomic E-state index is 0.0537. The van der Waals surface area contributed by atoms with Crippen molar-refractivity contribution in [1.82, 2.24) is 24.9 Å². The van der Waals surface area contributed by atoms with Crippen molar-refractivity contribution in [3.8, 4) is 0 Å². The van der Waals surface area contributed by atoms with E-state index in [-0.39, 0.29) is 11.9 Å². The van der Waals surface area contributed by atoms with E-state index in [1.165, 1.54) is 0 Å². The van der Waals surface area contributed by atoms with Crippen LogP contribution in [0.25, 0.3) is 0 Å². The quantitative estimate of drug-likeness (QED) is 0.869. The molecule has 2 aromatic heterocycles. The molecule has 0 aliphatic heterocycles. The number of nitrogens with zero attached hydrogens (tertiary/aromatic N) is 4. The molecule has 18 heavy (non-hydrogen) atoms. The average molecular weight is 247 g/mol. The van der Waals surface area contributed by atoms with Crippen molar-refractivity contribution in [3.05, 3.63) is 35.9 Å². The number of carbonyl (C=O) groups excluding carboxylic acids is 1. The summed E-state index contributed by atoms with van der Waals surface area (Å²) in [5.74, 6) is -0.0537. The zero-order chi connectivity index (χ0) is 13.1. The van der Waals surface area contributed by atoms with Crippen molar-refractivity contribution >= 4 is 5.91 Å². The van der Waals surface area contributed by atoms with Gasteiger partial charge in [0.05, 0.1) is 12.4 Å². The Morgan fingerprint density at radius 3 is 2.72 bits per heavy atom. The van der Waals surface area contributed by atoms with Crippen LogP contribution >= 0.6 is 0 Å². The molecule has 0 saturated heterocycles. The third-order valence-electron chi connectivity index (χ3n) is 2.73. The summed E-state index contributed by atoms with van der Waals surface area (Å²) in [6.07, 6.45) is 7.21. The number of nitrogens with one attached hydrogen (secondary N) is 1. The number of carbonyl (C=O) groups is 1. The van der Waals surface area contributed by atoms with Crippen molar-refractivity contribution < 1.29 is 4.79 Å². The summed E-state index contributed by atoms with van der Waals surface area (Å²) in [7, 11) is 1.85. The number of hydrogen-bond donors (Lipinski definition) is 1. The Balaban J connectivity index is 1.92. The zero-order valence-corrected chi connectivity index (χ0v) is 10.8. The standard InChI is InChI=1S/C12H17N5O/c1-9-4-15-17(7-9)10(2)12(18)13-5-11-6-14-16(3)8-11/h4,6-8,10H,5H2,1-3H3,(H,13,18). The molecule has 0 radical (unpaired) electrons. The number of aryl methyl sites for hydroxylation is 2. The van der Waals surface area contributed by atoms with E-state index in [1.807, 2.05) is 33.3 Å². The van der Waals surface area contributed by atoms with Crippen LogP contribution in [0.15, 0.2) is 24.8 Å². The van der Waals surface area contributed by atoms with Crippen LogP contribution < -0.4 is 5.32 Å². The van der Waals surface area contributed by atoms with Gasteiger partial charge < -0.3 is 5.32 Å². The fourth-order valence-corrected chi connectivity index (χ4v) is 1.67. The summed E-state index contributed by atoms with van der Waals surface area (Å²) in [5.41, 5.74) is 2.02. The lowest BCUT2D eigenvalue weighted by Gasteiger charge is -2.11. The molecule has 0 bridgehead atoms. The molecule has 1 unspecified atom stereocenters. The molecular formula is C12H17N5O. The Bertz CT molecular complexity index is 542. The van der Waals surface area contributed by atoms with Gasteiger partial charge in [-0.25, -0.2) is 0 Å². The third-order valence-corrected chi connectivity index (χ3v) is 2.73. The molecule has 6 nitrogen and oxygen atoms in total. The van der Waals surface area contributed by atoms with Gasteiger partial charge in [-0.3, -0.25) is 14.2 Å². The van der Waals surface area contributed by atoms with Crippen LogP contribution in [0, 0.1) is 6.92 Å². The number of amides is 1. The van der Waals surface area contributed by atoms with Gasteiger partial charge in [0.1, 0.15) is 6.04 Å². The first-order valence-corrected chi connectivity index (χ1v) is 5.82. The Morgan fingerprint density at radius 2 is 2.17 bits per heavy atom. The van der Waals surface area contributed by atoms with Crippen molar-refractivity contribution in [2.45, 2.75) is 26.4 Å². The first kappa shape index (κ1) is 12.3. The molecule has 1 amide bonds. The highest BCUT2D eigenvalue weighted by atomic mass is 16.2. The molecular weight excluding hydrogens is 230 g/mol. The van der Waals surface area contributed by atoms with E-state index in [1.54, 1.807) is 21.8 Å². The van der Waals surface area contributed by atoms with Gasteiger partial charge in [-0.05, 0) is 19.4 Å². The van der Waals surface area contributed by atoms with E-state index in [2.05, 4.69) is 15.5 Å². The fourth-order valence-electron chi connectivity index (χ4n) is 1.67. The molecule has 0 spiro atoms. The van der Waals surface area contributed by atoms with Crippen LogP contribution in [0.4, 0.5) is 0 Å². The first-order chi connectivity index (χ1) is 8.56. The van der Waals surface area contributed by atoms with Gasteiger partial charge in [-0.15, -0.1) is 0 Å². The molecule has 2 heterocycles. The molecule has 0 aliphatic carbocycles. The SMILES string of the molecule is Cc1cnn(C(C)C(=O)NCc2cnn(C)c2)c1. The Kier molecular flexibility index (Phi) is 3.45. The van der Waals surface area contributed by atoms with Gasteiger partial charge in [0.15, 0.2) is 0 Å². The minimum atomic E-state index is -0.310. The van der Waals surface area contributed by atoms with E-state index in [4.69, 9.17) is 0 Å². The summed E-state index contributed by atoms with van der Waals surface area (Å²) >= 11 is 0. The van der Waals surface area contributed by atoms with Crippen LogP contribution in [0.5, 0.6) is 0 Å². The fraction of sp³-hybridized carbons (Fsp3) is 0.417. The van der Waals surface area contributed by atoms with Crippen LogP contribution in [0.3, 0.4) is 0 Å². The van der Waals surface area contributed by atoms with Crippen molar-refractivity contribution in [2.24, 2.45) is 7.05 Å². The lowest BCUT2D eigenvalue weighted by molar-refractivity contribution is -0.124. The summed E-state index contributed by atoms with van der Waals surface area (Å²) in [6.45, 7) is 4.26. The highest BCUT2D eigenvalue weighted by Gasteiger charge is 2.15. The molecule has 0 saturated carbocycles. The van der Waals surface area contributed by atoms with Gasteiger partial charge >= 0.3 is 0 Å². The Hall–Kier alpha value is -2.11. The Labute approximate surface area is 106 Å². The van der Waals surface area contributed by atoms with Gasteiger partial charge in [0, 0.05) is 31.5 Å². The van der Waals surface area contributed by atoms with Gasteiger partial charge in [-0.1, -0.05) is 0 Å². The highest BCUT2D eigenvalue weighted by molar-refractivity contribution is 5.79. The minimum Gasteiger partial charge on any atom is -0.350 e. The smallest absolute Gasteiger partial charge is 0.244 e. The van der Waals surface area contributed by atoms with Gasteiger partial charge in [0.2, 0.25) is 5.91 Å². The Morgan fingerprint density at radius 1 is 1.39 bits per heavy atom. The monoisotopic (exact) mass is 247 g/mol. The molecule has 0 fully saturated rings. The number of aromatic nitrogens is 4. The maximum Gasteiger partial charge on any atom is 0.244 e. The summed E-state index contributed by atoms with van der Waals surface area (Å²) < 4.78 is 3.37. The topological polar surface area (TPSA) is 64.7 Å². The van der Waals surface area contributed by atoms with Crippen LogP contribution in [0.1, 0.15) is 24.1 Å². The maximum atomic E-state index is 11.9. The average Bonchev–Trinajstić information content (AvgIpc) is 2.94. The zero-order valence-electron chi connectivity index (χ0n) is 10.8. The molecule has 0 aromatic carbocycles. The van der Waals surface area contributed by atoms with E-state index in [9.17, 15) is 4.79 Å². The maximum absolute atomic E-state index is 11.9. The first-order valence-electron chi connectivity index (χ1n) is 5.82. The second-order valence-corrected chi connectivity index (χ2v) is 4.41. The van der Waals surface area contributed by atoms with E-state index < -0.39 is 0 Å². The van der Waals surface area contributed by atoms with Crippen LogP contribution in [0.2, 0.25) is 0 Å². The number of rotatable bonds is 4. The largest absolute Gasteiger partial charge is 0.350 e. The predicted octanol–water partition coefficient (Wildman–Crippen LogP) is 0.802. The summed E-state index contributed by atoms with van der Waals surface area (Å²) in [6, 6.07) is -0.310. The lowest BCUT2D eigenvalue weighted by atomic mass is 10.3. The summed E-state index contributed by atoms with van der Waals surface area (Å²) in [5, 5.41) is 11.1. The van der Waals surface area contributed by atoms with Crippen molar-refractivity contribution in [1.29, 1.82) is 0 Å². The summed E-state index contributed by atoms with van der Waals surface area (Å²) in [4.78, 5) is 11.9. The van der Waals surface area contributed by atoms with Crippen LogP contribution in [-0.4, -0.2) is 25.5 Å². The van der Waals surface area contributed by atoms with Crippen molar-refractivity contribution in [2.75, 3.05) is 0 Å². The molecule has 2 rings (SSSR count). The van der Waals surface area contributed by atoms with E-state index in [0.717, 1.165) is 11.1 Å². The van der Waals surface area contributed by atoms with E-state index >= 15 is 0 Å². The third kappa shape index (κ3) is 2.77. The van der Waals surface area contributed by atoms with Gasteiger partial charge in [-0.2, -0.15) is 10.2 Å². The van der Waals surface area contributed by atoms with E-state index in [0.29, 0.717) is 6.54 Å². The number of hydrogen-bond acceptors (Lipinski definition) is 3. The molecule has 1 N–H and O–H groups in total. The lowest BCUT2D eigenvalue weighted by Crippen LogP contribution is -2.30. The second kappa shape index (κ2) is 5.03. The molecule has 0 aliphatic rings. The second-order valence-electron chi connectivity index (χ2n) is 4.41. The molecule has 6 heteroatoms. The molecule has 96 valence electrons.